The lowest BCUT2D eigenvalue weighted by Gasteiger charge is -2.23. The first-order valence-corrected chi connectivity index (χ1v) is 5.99. The number of aryl methyl sites for hydroxylation is 1. The van der Waals surface area contributed by atoms with Gasteiger partial charge in [-0.25, -0.2) is 4.98 Å². The van der Waals surface area contributed by atoms with E-state index in [0.717, 1.165) is 12.4 Å². The van der Waals surface area contributed by atoms with E-state index in [1.54, 1.807) is 0 Å². The summed E-state index contributed by atoms with van der Waals surface area (Å²) in [6.45, 7) is 4.32. The Bertz CT molecular complexity index is 495. The summed E-state index contributed by atoms with van der Waals surface area (Å²) in [5.74, 6) is 1.73. The van der Waals surface area contributed by atoms with Crippen LogP contribution in [0.2, 0.25) is 0 Å². The number of nitrogens with zero attached hydrogens (tertiary/aromatic N) is 2. The van der Waals surface area contributed by atoms with Crippen molar-refractivity contribution in [3.63, 3.8) is 0 Å². The zero-order valence-corrected chi connectivity index (χ0v) is 9.61. The smallest absolute Gasteiger partial charge is 0.110 e. The van der Waals surface area contributed by atoms with Crippen LogP contribution in [0.5, 0.6) is 0 Å². The van der Waals surface area contributed by atoms with Crippen molar-refractivity contribution in [3.05, 3.63) is 35.9 Å². The van der Waals surface area contributed by atoms with Crippen LogP contribution < -0.4 is 5.32 Å². The molecular formula is C13H17N3. The van der Waals surface area contributed by atoms with Crippen molar-refractivity contribution in [2.24, 2.45) is 0 Å². The second-order valence-corrected chi connectivity index (χ2v) is 4.60. The predicted molar refractivity (Wildman–Crippen MR) is 64.8 cm³/mol. The van der Waals surface area contributed by atoms with E-state index in [2.05, 4.69) is 33.0 Å². The Hall–Kier alpha value is -1.35. The Morgan fingerprint density at radius 2 is 2.44 bits per heavy atom. The van der Waals surface area contributed by atoms with E-state index in [1.807, 2.05) is 13.1 Å². The molecule has 3 rings (SSSR count). The standard InChI is InChI=1S/C13H17N3/c1-10-15-9-13-7-11(4-6-16(10)13)12-3-2-5-14-8-12/h4,6-7,9,12,14H,2-3,5,8H2,1H3. The fourth-order valence-electron chi connectivity index (χ4n) is 2.54. The molecule has 3 nitrogen and oxygen atoms in total. The van der Waals surface area contributed by atoms with Gasteiger partial charge in [0.25, 0.3) is 0 Å². The van der Waals surface area contributed by atoms with Crippen LogP contribution in [-0.2, 0) is 0 Å². The molecule has 1 aliphatic rings. The molecular weight excluding hydrogens is 198 g/mol. The van der Waals surface area contributed by atoms with Crippen molar-refractivity contribution in [1.29, 1.82) is 0 Å². The number of hydrogen-bond acceptors (Lipinski definition) is 2. The lowest BCUT2D eigenvalue weighted by molar-refractivity contribution is 0.461. The molecule has 0 radical (unpaired) electrons. The molecule has 84 valence electrons. The van der Waals surface area contributed by atoms with Gasteiger partial charge in [0.05, 0.1) is 11.7 Å². The maximum Gasteiger partial charge on any atom is 0.110 e. The third-order valence-corrected chi connectivity index (χ3v) is 3.51. The van der Waals surface area contributed by atoms with Crippen LogP contribution in [0.4, 0.5) is 0 Å². The van der Waals surface area contributed by atoms with Gasteiger partial charge in [-0.05, 0) is 49.9 Å². The molecule has 1 saturated heterocycles. The molecule has 0 aromatic carbocycles. The normalized spacial score (nSPS) is 21.4. The number of imidazole rings is 1. The fourth-order valence-corrected chi connectivity index (χ4v) is 2.54. The van der Waals surface area contributed by atoms with E-state index in [9.17, 15) is 0 Å². The lowest BCUT2D eigenvalue weighted by Crippen LogP contribution is -2.28. The highest BCUT2D eigenvalue weighted by molar-refractivity contribution is 5.49. The van der Waals surface area contributed by atoms with E-state index in [-0.39, 0.29) is 0 Å². The summed E-state index contributed by atoms with van der Waals surface area (Å²) < 4.78 is 2.14. The quantitative estimate of drug-likeness (QED) is 0.789. The Morgan fingerprint density at radius 3 is 3.25 bits per heavy atom. The van der Waals surface area contributed by atoms with E-state index in [1.165, 1.54) is 30.5 Å². The van der Waals surface area contributed by atoms with Crippen LogP contribution in [0.3, 0.4) is 0 Å². The highest BCUT2D eigenvalue weighted by atomic mass is 15.0. The van der Waals surface area contributed by atoms with Crippen LogP contribution in [0.25, 0.3) is 5.52 Å². The van der Waals surface area contributed by atoms with Gasteiger partial charge >= 0.3 is 0 Å². The van der Waals surface area contributed by atoms with Crippen molar-refractivity contribution < 1.29 is 0 Å². The summed E-state index contributed by atoms with van der Waals surface area (Å²) in [6, 6.07) is 4.51. The van der Waals surface area contributed by atoms with Gasteiger partial charge in [-0.3, -0.25) is 0 Å². The molecule has 1 N–H and O–H groups in total. The van der Waals surface area contributed by atoms with Gasteiger partial charge in [-0.15, -0.1) is 0 Å². The SMILES string of the molecule is Cc1ncc2cc(C3CCCNC3)ccn12. The first-order valence-electron chi connectivity index (χ1n) is 5.99. The predicted octanol–water partition coefficient (Wildman–Crippen LogP) is 2.11. The van der Waals surface area contributed by atoms with Crippen molar-refractivity contribution in [2.75, 3.05) is 13.1 Å². The monoisotopic (exact) mass is 215 g/mol. The maximum atomic E-state index is 4.33. The summed E-state index contributed by atoms with van der Waals surface area (Å²) in [5.41, 5.74) is 2.65. The molecule has 1 atom stereocenters. The fraction of sp³-hybridized carbons (Fsp3) is 0.462. The number of pyridine rings is 1. The Kier molecular flexibility index (Phi) is 2.40. The number of fused-ring (bicyclic) bond motifs is 1. The lowest BCUT2D eigenvalue weighted by atomic mass is 9.92. The van der Waals surface area contributed by atoms with Crippen molar-refractivity contribution in [2.45, 2.75) is 25.7 Å². The third kappa shape index (κ3) is 1.61. The molecule has 1 fully saturated rings. The summed E-state index contributed by atoms with van der Waals surface area (Å²) >= 11 is 0. The zero-order valence-electron chi connectivity index (χ0n) is 9.61. The maximum absolute atomic E-state index is 4.33. The third-order valence-electron chi connectivity index (χ3n) is 3.51. The molecule has 0 saturated carbocycles. The second-order valence-electron chi connectivity index (χ2n) is 4.60. The average Bonchev–Trinajstić information content (AvgIpc) is 2.72. The second kappa shape index (κ2) is 3.91. The summed E-state index contributed by atoms with van der Waals surface area (Å²) in [5, 5.41) is 3.46. The number of hydrogen-bond donors (Lipinski definition) is 1. The number of rotatable bonds is 1. The van der Waals surface area contributed by atoms with Crippen LogP contribution in [0.15, 0.2) is 24.5 Å². The summed E-state index contributed by atoms with van der Waals surface area (Å²) in [7, 11) is 0. The Labute approximate surface area is 95.5 Å². The number of piperidine rings is 1. The Balaban J connectivity index is 1.97. The van der Waals surface area contributed by atoms with Gasteiger partial charge in [0, 0.05) is 12.7 Å². The first kappa shape index (κ1) is 9.85. The van der Waals surface area contributed by atoms with Gasteiger partial charge in [-0.2, -0.15) is 0 Å². The van der Waals surface area contributed by atoms with Gasteiger partial charge in [0.2, 0.25) is 0 Å². The number of aromatic nitrogens is 2. The zero-order chi connectivity index (χ0) is 11.0. The molecule has 0 bridgehead atoms. The highest BCUT2D eigenvalue weighted by Crippen LogP contribution is 2.24. The van der Waals surface area contributed by atoms with Crippen molar-refractivity contribution in [3.8, 4) is 0 Å². The van der Waals surface area contributed by atoms with Crippen molar-refractivity contribution >= 4 is 5.52 Å². The summed E-state index contributed by atoms with van der Waals surface area (Å²) in [6.07, 6.45) is 6.68. The Morgan fingerprint density at radius 1 is 1.50 bits per heavy atom. The van der Waals surface area contributed by atoms with Crippen LogP contribution in [0.1, 0.15) is 30.1 Å². The minimum absolute atomic E-state index is 0.675. The number of nitrogens with one attached hydrogen (secondary N) is 1. The largest absolute Gasteiger partial charge is 0.316 e. The molecule has 16 heavy (non-hydrogen) atoms. The van der Waals surface area contributed by atoms with Gasteiger partial charge in [0.1, 0.15) is 5.82 Å². The summed E-state index contributed by atoms with van der Waals surface area (Å²) in [4.78, 5) is 4.33. The molecule has 3 heteroatoms. The van der Waals surface area contributed by atoms with Crippen LogP contribution in [-0.4, -0.2) is 22.5 Å². The molecule has 0 spiro atoms. The van der Waals surface area contributed by atoms with E-state index in [4.69, 9.17) is 0 Å². The van der Waals surface area contributed by atoms with Gasteiger partial charge in [-0.1, -0.05) is 0 Å². The molecule has 0 aliphatic carbocycles. The first-order chi connectivity index (χ1) is 7.84. The molecule has 1 aliphatic heterocycles. The molecule has 2 aromatic heterocycles. The average molecular weight is 215 g/mol. The van der Waals surface area contributed by atoms with Gasteiger partial charge in [0.15, 0.2) is 0 Å². The molecule has 2 aromatic rings. The van der Waals surface area contributed by atoms with Crippen LogP contribution in [0, 0.1) is 6.92 Å². The van der Waals surface area contributed by atoms with E-state index < -0.39 is 0 Å². The van der Waals surface area contributed by atoms with Crippen LogP contribution >= 0.6 is 0 Å². The van der Waals surface area contributed by atoms with Gasteiger partial charge < -0.3 is 9.72 Å². The molecule has 3 heterocycles. The van der Waals surface area contributed by atoms with E-state index in [0.29, 0.717) is 5.92 Å². The molecule has 1 unspecified atom stereocenters. The van der Waals surface area contributed by atoms with E-state index >= 15 is 0 Å². The minimum atomic E-state index is 0.675. The topological polar surface area (TPSA) is 29.3 Å². The van der Waals surface area contributed by atoms with Crippen molar-refractivity contribution in [1.82, 2.24) is 14.7 Å². The highest BCUT2D eigenvalue weighted by Gasteiger charge is 2.15. The molecule has 0 amide bonds. The minimum Gasteiger partial charge on any atom is -0.316 e.